The molecule has 0 amide bonds. The van der Waals surface area contributed by atoms with Gasteiger partial charge in [-0.05, 0) is 47.7 Å². The molecule has 0 spiro atoms. The maximum Gasteiger partial charge on any atom is 0.241 e. The third-order valence-electron chi connectivity index (χ3n) is 3.41. The summed E-state index contributed by atoms with van der Waals surface area (Å²) < 4.78 is 7.21. The molecule has 3 nitrogen and oxygen atoms in total. The van der Waals surface area contributed by atoms with Crippen LogP contribution in [0.25, 0.3) is 11.3 Å². The van der Waals surface area contributed by atoms with E-state index in [-0.39, 0.29) is 6.10 Å². The van der Waals surface area contributed by atoms with Gasteiger partial charge in [0.2, 0.25) is 5.88 Å². The van der Waals surface area contributed by atoms with Crippen molar-refractivity contribution in [3.05, 3.63) is 75.1 Å². The lowest BCUT2D eigenvalue weighted by Crippen LogP contribution is -2.06. The first-order valence-corrected chi connectivity index (χ1v) is 8.59. The summed E-state index contributed by atoms with van der Waals surface area (Å²) in [5.74, 6) is 0.501. The van der Waals surface area contributed by atoms with Crippen LogP contribution in [0.5, 0.6) is 5.88 Å². The van der Waals surface area contributed by atoms with Crippen LogP contribution in [0.2, 0.25) is 5.02 Å². The number of hydrogen-bond donors (Lipinski definition) is 0. The van der Waals surface area contributed by atoms with Gasteiger partial charge in [-0.25, -0.2) is 9.97 Å². The summed E-state index contributed by atoms with van der Waals surface area (Å²) in [5, 5.41) is 0.680. The second-order valence-electron chi connectivity index (χ2n) is 5.00. The largest absolute Gasteiger partial charge is 0.468 e. The minimum absolute atomic E-state index is 0.219. The fourth-order valence-corrected chi connectivity index (χ4v) is 2.90. The Labute approximate surface area is 153 Å². The maximum absolute atomic E-state index is 6.24. The molecule has 23 heavy (non-hydrogen) atoms. The van der Waals surface area contributed by atoms with Crippen molar-refractivity contribution < 1.29 is 4.74 Å². The Kier molecular flexibility index (Phi) is 5.13. The van der Waals surface area contributed by atoms with E-state index >= 15 is 0 Å². The summed E-state index contributed by atoms with van der Waals surface area (Å²) >= 11 is 8.52. The number of nitrogens with zero attached hydrogens (tertiary/aromatic N) is 2. The highest BCUT2D eigenvalue weighted by Crippen LogP contribution is 2.31. The van der Waals surface area contributed by atoms with Crippen LogP contribution in [-0.2, 0) is 0 Å². The Morgan fingerprint density at radius 1 is 1.00 bits per heavy atom. The van der Waals surface area contributed by atoms with Gasteiger partial charge in [0.05, 0.1) is 0 Å². The van der Waals surface area contributed by atoms with Crippen LogP contribution in [0, 0.1) is 3.57 Å². The molecule has 5 heteroatoms. The average molecular weight is 437 g/mol. The van der Waals surface area contributed by atoms with Crippen molar-refractivity contribution in [2.24, 2.45) is 0 Å². The molecule has 0 aliphatic carbocycles. The van der Waals surface area contributed by atoms with E-state index in [0.29, 0.717) is 10.9 Å². The van der Waals surface area contributed by atoms with Gasteiger partial charge in [0.15, 0.2) is 0 Å². The first-order chi connectivity index (χ1) is 11.1. The van der Waals surface area contributed by atoms with Crippen molar-refractivity contribution >= 4 is 34.2 Å². The van der Waals surface area contributed by atoms with Gasteiger partial charge in [0.25, 0.3) is 0 Å². The zero-order valence-electron chi connectivity index (χ0n) is 12.4. The van der Waals surface area contributed by atoms with Crippen LogP contribution in [0.1, 0.15) is 18.6 Å². The van der Waals surface area contributed by atoms with Gasteiger partial charge < -0.3 is 4.74 Å². The third kappa shape index (κ3) is 3.82. The molecule has 1 heterocycles. The zero-order valence-corrected chi connectivity index (χ0v) is 15.3. The van der Waals surface area contributed by atoms with Crippen molar-refractivity contribution in [1.82, 2.24) is 9.97 Å². The van der Waals surface area contributed by atoms with Crippen LogP contribution in [0.4, 0.5) is 0 Å². The Balaban J connectivity index is 1.92. The maximum atomic E-state index is 6.24. The van der Waals surface area contributed by atoms with E-state index in [9.17, 15) is 0 Å². The molecule has 116 valence electrons. The summed E-state index contributed by atoms with van der Waals surface area (Å²) in [4.78, 5) is 8.77. The second kappa shape index (κ2) is 7.27. The van der Waals surface area contributed by atoms with E-state index in [4.69, 9.17) is 16.3 Å². The molecular formula is C18H14ClIN2O. The van der Waals surface area contributed by atoms with Crippen molar-refractivity contribution in [2.75, 3.05) is 0 Å². The Hall–Kier alpha value is -1.66. The SMILES string of the molecule is C[C@H](Oc1nccnc1-c1ccc(I)cc1)c1ccccc1Cl. The van der Waals surface area contributed by atoms with Gasteiger partial charge in [0, 0.05) is 32.1 Å². The molecule has 0 aliphatic rings. The lowest BCUT2D eigenvalue weighted by molar-refractivity contribution is 0.218. The predicted molar refractivity (Wildman–Crippen MR) is 101 cm³/mol. The highest BCUT2D eigenvalue weighted by atomic mass is 127. The molecule has 0 N–H and O–H groups in total. The minimum Gasteiger partial charge on any atom is -0.468 e. The quantitative estimate of drug-likeness (QED) is 0.504. The molecule has 0 fully saturated rings. The van der Waals surface area contributed by atoms with Crippen LogP contribution in [-0.4, -0.2) is 9.97 Å². The topological polar surface area (TPSA) is 35.0 Å². The summed E-state index contributed by atoms with van der Waals surface area (Å²) in [5.41, 5.74) is 2.62. The normalized spacial score (nSPS) is 12.0. The monoisotopic (exact) mass is 436 g/mol. The molecule has 0 saturated carbocycles. The van der Waals surface area contributed by atoms with E-state index in [1.54, 1.807) is 12.4 Å². The van der Waals surface area contributed by atoms with E-state index in [1.807, 2.05) is 55.5 Å². The van der Waals surface area contributed by atoms with Gasteiger partial charge in [-0.2, -0.15) is 0 Å². The van der Waals surface area contributed by atoms with Crippen LogP contribution >= 0.6 is 34.2 Å². The minimum atomic E-state index is -0.219. The van der Waals surface area contributed by atoms with Gasteiger partial charge in [0.1, 0.15) is 11.8 Å². The first kappa shape index (κ1) is 16.2. The number of rotatable bonds is 4. The van der Waals surface area contributed by atoms with E-state index in [1.165, 1.54) is 3.57 Å². The molecule has 3 rings (SSSR count). The highest BCUT2D eigenvalue weighted by molar-refractivity contribution is 14.1. The molecule has 3 aromatic rings. The van der Waals surface area contributed by atoms with Gasteiger partial charge in [-0.3, -0.25) is 0 Å². The van der Waals surface area contributed by atoms with Gasteiger partial charge >= 0.3 is 0 Å². The molecule has 2 aromatic carbocycles. The van der Waals surface area contributed by atoms with Crippen molar-refractivity contribution in [1.29, 1.82) is 0 Å². The number of hydrogen-bond acceptors (Lipinski definition) is 3. The molecule has 0 radical (unpaired) electrons. The van der Waals surface area contributed by atoms with Crippen molar-refractivity contribution in [3.8, 4) is 17.1 Å². The Morgan fingerprint density at radius 2 is 1.70 bits per heavy atom. The van der Waals surface area contributed by atoms with E-state index < -0.39 is 0 Å². The van der Waals surface area contributed by atoms with Crippen LogP contribution < -0.4 is 4.74 Å². The number of ether oxygens (including phenoxy) is 1. The summed E-state index contributed by atoms with van der Waals surface area (Å²) in [7, 11) is 0. The molecular weight excluding hydrogens is 423 g/mol. The zero-order chi connectivity index (χ0) is 16.2. The molecule has 1 atom stereocenters. The van der Waals surface area contributed by atoms with E-state index in [2.05, 4.69) is 32.6 Å². The standard InChI is InChI=1S/C18H14ClIN2O/c1-12(15-4-2-3-5-16(15)19)23-18-17(21-10-11-22-18)13-6-8-14(20)9-7-13/h2-12H,1H3/t12-/m0/s1. The lowest BCUT2D eigenvalue weighted by atomic mass is 10.1. The molecule has 0 aliphatic heterocycles. The Morgan fingerprint density at radius 3 is 2.43 bits per heavy atom. The van der Waals surface area contributed by atoms with Crippen molar-refractivity contribution in [3.63, 3.8) is 0 Å². The lowest BCUT2D eigenvalue weighted by Gasteiger charge is -2.17. The second-order valence-corrected chi connectivity index (χ2v) is 6.65. The highest BCUT2D eigenvalue weighted by Gasteiger charge is 2.15. The summed E-state index contributed by atoms with van der Waals surface area (Å²) in [6.07, 6.45) is 3.08. The Bertz CT molecular complexity index is 808. The van der Waals surface area contributed by atoms with Crippen LogP contribution in [0.15, 0.2) is 60.9 Å². The van der Waals surface area contributed by atoms with Gasteiger partial charge in [-0.1, -0.05) is 41.9 Å². The summed E-state index contributed by atoms with van der Waals surface area (Å²) in [6.45, 7) is 1.95. The van der Waals surface area contributed by atoms with Crippen LogP contribution in [0.3, 0.4) is 0 Å². The van der Waals surface area contributed by atoms with E-state index in [0.717, 1.165) is 16.8 Å². The third-order valence-corrected chi connectivity index (χ3v) is 4.48. The fourth-order valence-electron chi connectivity index (χ4n) is 2.25. The predicted octanol–water partition coefficient (Wildman–Crippen LogP) is 5.54. The molecule has 0 bridgehead atoms. The fraction of sp³-hybridized carbons (Fsp3) is 0.111. The smallest absolute Gasteiger partial charge is 0.241 e. The van der Waals surface area contributed by atoms with Gasteiger partial charge in [-0.15, -0.1) is 0 Å². The number of halogens is 2. The first-order valence-electron chi connectivity index (χ1n) is 7.13. The number of aromatic nitrogens is 2. The average Bonchev–Trinajstić information content (AvgIpc) is 2.56. The van der Waals surface area contributed by atoms with Crippen molar-refractivity contribution in [2.45, 2.75) is 13.0 Å². The molecule has 0 unspecified atom stereocenters. The summed E-state index contributed by atoms with van der Waals surface area (Å²) in [6, 6.07) is 15.7. The molecule has 1 aromatic heterocycles. The molecule has 0 saturated heterocycles. The number of benzene rings is 2.